The van der Waals surface area contributed by atoms with Gasteiger partial charge < -0.3 is 15.4 Å². The number of rotatable bonds is 7. The third-order valence-electron chi connectivity index (χ3n) is 4.11. The molecule has 0 bridgehead atoms. The van der Waals surface area contributed by atoms with E-state index in [1.807, 2.05) is 11.4 Å². The van der Waals surface area contributed by atoms with E-state index in [0.717, 1.165) is 25.8 Å². The largest absolute Gasteiger partial charge is 0.452 e. The van der Waals surface area contributed by atoms with Crippen molar-refractivity contribution in [1.29, 1.82) is 0 Å². The molecule has 1 aliphatic rings. The third kappa shape index (κ3) is 6.23. The molecule has 0 aromatic heterocycles. The van der Waals surface area contributed by atoms with Gasteiger partial charge in [-0.1, -0.05) is 23.8 Å². The monoisotopic (exact) mass is 359 g/mol. The molecule has 3 N–H and O–H groups in total. The van der Waals surface area contributed by atoms with E-state index in [0.29, 0.717) is 11.3 Å². The number of amides is 3. The highest BCUT2D eigenvalue weighted by Gasteiger charge is 2.15. The first-order chi connectivity index (χ1) is 12.6. The zero-order valence-corrected chi connectivity index (χ0v) is 15.0. The van der Waals surface area contributed by atoms with Gasteiger partial charge in [0.2, 0.25) is 0 Å². The van der Waals surface area contributed by atoms with Crippen LogP contribution in [0.2, 0.25) is 0 Å². The molecule has 140 valence electrons. The van der Waals surface area contributed by atoms with E-state index >= 15 is 0 Å². The maximum absolute atomic E-state index is 12.2. The van der Waals surface area contributed by atoms with Gasteiger partial charge in [0.25, 0.3) is 5.91 Å². The highest BCUT2D eigenvalue weighted by atomic mass is 16.5. The van der Waals surface area contributed by atoms with Crippen LogP contribution in [0.1, 0.15) is 42.5 Å². The van der Waals surface area contributed by atoms with Crippen molar-refractivity contribution in [3.63, 3.8) is 0 Å². The van der Waals surface area contributed by atoms with E-state index in [4.69, 9.17) is 4.74 Å². The molecule has 1 aromatic rings. The predicted molar refractivity (Wildman–Crippen MR) is 99.0 cm³/mol. The van der Waals surface area contributed by atoms with E-state index in [1.54, 1.807) is 18.2 Å². The van der Waals surface area contributed by atoms with Crippen LogP contribution in [0.25, 0.3) is 0 Å². The molecule has 0 unspecified atom stereocenters. The molecule has 0 aliphatic heterocycles. The van der Waals surface area contributed by atoms with Crippen LogP contribution < -0.4 is 16.0 Å². The Bertz CT molecular complexity index is 685. The third-order valence-corrected chi connectivity index (χ3v) is 4.11. The summed E-state index contributed by atoms with van der Waals surface area (Å²) in [5.41, 5.74) is 2.48. The van der Waals surface area contributed by atoms with Crippen LogP contribution in [0.15, 0.2) is 35.9 Å². The molecule has 3 amide bonds. The van der Waals surface area contributed by atoms with Gasteiger partial charge in [0.1, 0.15) is 0 Å². The van der Waals surface area contributed by atoms with Crippen LogP contribution in [-0.4, -0.2) is 38.1 Å². The number of nitrogens with one attached hydrogen (secondary N) is 3. The van der Waals surface area contributed by atoms with Crippen molar-refractivity contribution >= 4 is 23.6 Å². The van der Waals surface area contributed by atoms with Gasteiger partial charge in [-0.3, -0.25) is 10.1 Å². The number of ether oxygens (including phenoxy) is 1. The average molecular weight is 359 g/mol. The van der Waals surface area contributed by atoms with Gasteiger partial charge in [-0.15, -0.1) is 0 Å². The number of benzene rings is 1. The second kappa shape index (κ2) is 10.2. The standard InChI is InChI=1S/C19H25N3O4/c1-20-19(25)22-17(23)13-26-18(24)15-9-5-6-10-16(15)21-12-11-14-7-3-2-4-8-14/h5-7,9-10,21H,2-4,8,11-13H2,1H3,(H2,20,22,23,25). The maximum atomic E-state index is 12.2. The van der Waals surface area contributed by atoms with Crippen LogP contribution in [-0.2, 0) is 9.53 Å². The predicted octanol–water partition coefficient (Wildman–Crippen LogP) is 2.60. The van der Waals surface area contributed by atoms with Crippen molar-refractivity contribution in [2.24, 2.45) is 0 Å². The summed E-state index contributed by atoms with van der Waals surface area (Å²) in [6.45, 7) is 0.209. The summed E-state index contributed by atoms with van der Waals surface area (Å²) in [5.74, 6) is -1.30. The van der Waals surface area contributed by atoms with Crippen molar-refractivity contribution in [2.45, 2.75) is 32.1 Å². The molecule has 1 aliphatic carbocycles. The SMILES string of the molecule is CNC(=O)NC(=O)COC(=O)c1ccccc1NCCC1=CCCCC1. The van der Waals surface area contributed by atoms with Crippen molar-refractivity contribution in [3.05, 3.63) is 41.5 Å². The Hall–Kier alpha value is -2.83. The zero-order valence-electron chi connectivity index (χ0n) is 15.0. The second-order valence-electron chi connectivity index (χ2n) is 6.03. The number of esters is 1. The Labute approximate surface area is 153 Å². The summed E-state index contributed by atoms with van der Waals surface area (Å²) in [5, 5.41) is 7.55. The molecular weight excluding hydrogens is 334 g/mol. The first-order valence-electron chi connectivity index (χ1n) is 8.79. The minimum absolute atomic E-state index is 0.359. The van der Waals surface area contributed by atoms with E-state index < -0.39 is 24.5 Å². The fourth-order valence-electron chi connectivity index (χ4n) is 2.74. The molecule has 0 spiro atoms. The van der Waals surface area contributed by atoms with Crippen LogP contribution in [0.4, 0.5) is 10.5 Å². The van der Waals surface area contributed by atoms with E-state index in [-0.39, 0.29) is 0 Å². The van der Waals surface area contributed by atoms with Crippen LogP contribution in [0.5, 0.6) is 0 Å². The first kappa shape index (κ1) is 19.5. The maximum Gasteiger partial charge on any atom is 0.340 e. The molecule has 26 heavy (non-hydrogen) atoms. The number of hydrogen-bond donors (Lipinski definition) is 3. The lowest BCUT2D eigenvalue weighted by atomic mass is 9.97. The molecule has 0 saturated heterocycles. The van der Waals surface area contributed by atoms with Gasteiger partial charge in [-0.05, 0) is 44.2 Å². The normalized spacial score (nSPS) is 13.3. The quantitative estimate of drug-likeness (QED) is 0.514. The fraction of sp³-hybridized carbons (Fsp3) is 0.421. The summed E-state index contributed by atoms with van der Waals surface area (Å²) >= 11 is 0. The molecule has 0 saturated carbocycles. The summed E-state index contributed by atoms with van der Waals surface area (Å²) in [6.07, 6.45) is 8.04. The van der Waals surface area contributed by atoms with Gasteiger partial charge in [-0.25, -0.2) is 9.59 Å². The number of allylic oxidation sites excluding steroid dienone is 1. The summed E-state index contributed by atoms with van der Waals surface area (Å²) in [7, 11) is 1.39. The fourth-order valence-corrected chi connectivity index (χ4v) is 2.74. The summed E-state index contributed by atoms with van der Waals surface area (Å²) < 4.78 is 4.99. The Kier molecular flexibility index (Phi) is 7.67. The first-order valence-corrected chi connectivity index (χ1v) is 8.79. The minimum atomic E-state index is -0.688. The number of hydrogen-bond acceptors (Lipinski definition) is 5. The lowest BCUT2D eigenvalue weighted by molar-refractivity contribution is -0.123. The van der Waals surface area contributed by atoms with Crippen molar-refractivity contribution in [3.8, 4) is 0 Å². The van der Waals surface area contributed by atoms with Gasteiger partial charge >= 0.3 is 12.0 Å². The minimum Gasteiger partial charge on any atom is -0.452 e. The Morgan fingerprint density at radius 1 is 1.15 bits per heavy atom. The Morgan fingerprint density at radius 2 is 1.96 bits per heavy atom. The highest BCUT2D eigenvalue weighted by Crippen LogP contribution is 2.21. The zero-order chi connectivity index (χ0) is 18.8. The molecule has 0 radical (unpaired) electrons. The van der Waals surface area contributed by atoms with Gasteiger partial charge in [-0.2, -0.15) is 0 Å². The van der Waals surface area contributed by atoms with E-state index in [9.17, 15) is 14.4 Å². The molecule has 7 nitrogen and oxygen atoms in total. The average Bonchev–Trinajstić information content (AvgIpc) is 2.67. The van der Waals surface area contributed by atoms with Gasteiger partial charge in [0.05, 0.1) is 5.56 Å². The Morgan fingerprint density at radius 3 is 2.69 bits per heavy atom. The van der Waals surface area contributed by atoms with Crippen molar-refractivity contribution in [2.75, 3.05) is 25.5 Å². The van der Waals surface area contributed by atoms with E-state index in [2.05, 4.69) is 16.7 Å². The summed E-state index contributed by atoms with van der Waals surface area (Å²) in [4.78, 5) is 34.8. The number of urea groups is 1. The highest BCUT2D eigenvalue weighted by molar-refractivity contribution is 5.99. The molecular formula is C19H25N3O4. The number of anilines is 1. The molecule has 0 heterocycles. The van der Waals surface area contributed by atoms with E-state index in [1.165, 1.54) is 25.5 Å². The molecule has 0 atom stereocenters. The molecule has 7 heteroatoms. The number of para-hydroxylation sites is 1. The number of imide groups is 1. The van der Waals surface area contributed by atoms with Crippen molar-refractivity contribution < 1.29 is 19.1 Å². The molecule has 2 rings (SSSR count). The lowest BCUT2D eigenvalue weighted by Gasteiger charge is -2.15. The smallest absolute Gasteiger partial charge is 0.340 e. The van der Waals surface area contributed by atoms with Crippen molar-refractivity contribution in [1.82, 2.24) is 10.6 Å². The topological polar surface area (TPSA) is 96.5 Å². The second-order valence-corrected chi connectivity index (χ2v) is 6.03. The number of carbonyl (C=O) groups is 3. The lowest BCUT2D eigenvalue weighted by Crippen LogP contribution is -2.39. The van der Waals surface area contributed by atoms with Crippen LogP contribution in [0, 0.1) is 0 Å². The number of carbonyl (C=O) groups excluding carboxylic acids is 3. The van der Waals surface area contributed by atoms with Gasteiger partial charge in [0, 0.05) is 19.3 Å². The van der Waals surface area contributed by atoms with Crippen LogP contribution >= 0.6 is 0 Å². The Balaban J connectivity index is 1.86. The van der Waals surface area contributed by atoms with Gasteiger partial charge in [0.15, 0.2) is 6.61 Å². The molecule has 1 aromatic carbocycles. The molecule has 0 fully saturated rings. The summed E-state index contributed by atoms with van der Waals surface area (Å²) in [6, 6.07) is 6.36. The van der Waals surface area contributed by atoms with Crippen LogP contribution in [0.3, 0.4) is 0 Å².